The SMILES string of the molecule is CCOC(=O)CCc1csc2cc(OCCc3cccc([AsH]C)n3)ccc12. The van der Waals surface area contributed by atoms with E-state index in [0.717, 1.165) is 17.9 Å². The number of carbonyl (C=O) groups is 1. The molecule has 142 valence electrons. The second-order valence-electron chi connectivity index (χ2n) is 6.09. The van der Waals surface area contributed by atoms with Crippen molar-refractivity contribution in [1.29, 1.82) is 0 Å². The Balaban J connectivity index is 1.57. The fourth-order valence-electron chi connectivity index (χ4n) is 2.85. The average molecular weight is 445 g/mol. The van der Waals surface area contributed by atoms with Crippen molar-refractivity contribution in [2.45, 2.75) is 31.9 Å². The van der Waals surface area contributed by atoms with E-state index >= 15 is 0 Å². The summed E-state index contributed by atoms with van der Waals surface area (Å²) in [6.45, 7) is 2.88. The first-order chi connectivity index (χ1) is 13.2. The maximum atomic E-state index is 11.6. The number of hydrogen-bond acceptors (Lipinski definition) is 5. The van der Waals surface area contributed by atoms with Crippen molar-refractivity contribution in [1.82, 2.24) is 4.98 Å². The Bertz CT molecular complexity index is 909. The first-order valence-electron chi connectivity index (χ1n) is 9.12. The van der Waals surface area contributed by atoms with E-state index in [0.29, 0.717) is 26.1 Å². The van der Waals surface area contributed by atoms with Gasteiger partial charge >= 0.3 is 141 Å². The van der Waals surface area contributed by atoms with Gasteiger partial charge in [-0.05, 0) is 6.92 Å². The molecule has 6 heteroatoms. The number of carbonyl (C=O) groups excluding carboxylic acids is 1. The van der Waals surface area contributed by atoms with E-state index in [2.05, 4.69) is 46.4 Å². The number of benzene rings is 1. The Hall–Kier alpha value is -1.84. The van der Waals surface area contributed by atoms with Gasteiger partial charge in [-0.25, -0.2) is 0 Å². The molecule has 0 aliphatic heterocycles. The second kappa shape index (κ2) is 9.91. The summed E-state index contributed by atoms with van der Waals surface area (Å²) in [7, 11) is 0. The Morgan fingerprint density at radius 2 is 2.11 bits per heavy atom. The number of pyridine rings is 1. The van der Waals surface area contributed by atoms with E-state index in [1.165, 1.54) is 20.1 Å². The number of esters is 1. The maximum absolute atomic E-state index is 11.6. The van der Waals surface area contributed by atoms with Crippen LogP contribution in [0.3, 0.4) is 0 Å². The molecule has 3 rings (SSSR count). The summed E-state index contributed by atoms with van der Waals surface area (Å²) in [6, 6.07) is 12.4. The van der Waals surface area contributed by atoms with Crippen LogP contribution in [0.2, 0.25) is 5.71 Å². The van der Waals surface area contributed by atoms with Crippen LogP contribution in [-0.4, -0.2) is 39.9 Å². The number of rotatable bonds is 9. The number of thiophene rings is 1. The quantitative estimate of drug-likeness (QED) is 0.374. The number of nitrogens with zero attached hydrogens (tertiary/aromatic N) is 1. The van der Waals surface area contributed by atoms with Crippen molar-refractivity contribution in [2.24, 2.45) is 0 Å². The Morgan fingerprint density at radius 3 is 2.93 bits per heavy atom. The molecule has 0 N–H and O–H groups in total. The summed E-state index contributed by atoms with van der Waals surface area (Å²) in [5, 5.41) is 3.32. The molecule has 2 heterocycles. The molecule has 2 aromatic heterocycles. The molecule has 0 spiro atoms. The van der Waals surface area contributed by atoms with Crippen LogP contribution in [0.5, 0.6) is 5.75 Å². The molecule has 0 fully saturated rings. The number of hydrogen-bond donors (Lipinski definition) is 0. The summed E-state index contributed by atoms with van der Waals surface area (Å²) < 4.78 is 13.4. The number of fused-ring (bicyclic) bond motifs is 1. The van der Waals surface area contributed by atoms with Crippen LogP contribution in [0.4, 0.5) is 0 Å². The van der Waals surface area contributed by atoms with Gasteiger partial charge in [0, 0.05) is 6.42 Å². The van der Waals surface area contributed by atoms with Gasteiger partial charge in [0.2, 0.25) is 0 Å². The molecule has 0 aliphatic rings. The molecule has 0 amide bonds. The summed E-state index contributed by atoms with van der Waals surface area (Å²) in [4.78, 5) is 16.2. The molecule has 0 aliphatic carbocycles. The van der Waals surface area contributed by atoms with Gasteiger partial charge in [-0.15, -0.1) is 0 Å². The summed E-state index contributed by atoms with van der Waals surface area (Å²) in [6.07, 6.45) is 1.94. The van der Waals surface area contributed by atoms with E-state index in [1.54, 1.807) is 11.3 Å². The first kappa shape index (κ1) is 19.9. The van der Waals surface area contributed by atoms with Crippen molar-refractivity contribution >= 4 is 47.6 Å². The van der Waals surface area contributed by atoms with E-state index in [1.807, 2.05) is 13.0 Å². The molecule has 4 nitrogen and oxygen atoms in total. The molecular formula is C21H24AsNO3S. The van der Waals surface area contributed by atoms with Crippen molar-refractivity contribution in [3.8, 4) is 5.75 Å². The van der Waals surface area contributed by atoms with Gasteiger partial charge < -0.3 is 4.74 Å². The molecule has 3 aromatic rings. The zero-order chi connectivity index (χ0) is 19.1. The van der Waals surface area contributed by atoms with Crippen LogP contribution in [0.15, 0.2) is 41.8 Å². The van der Waals surface area contributed by atoms with Crippen molar-refractivity contribution in [2.75, 3.05) is 13.2 Å². The van der Waals surface area contributed by atoms with Gasteiger partial charge in [-0.1, -0.05) is 0 Å². The van der Waals surface area contributed by atoms with Crippen molar-refractivity contribution in [3.05, 3.63) is 53.0 Å². The van der Waals surface area contributed by atoms with Crippen molar-refractivity contribution in [3.63, 3.8) is 0 Å². The molecule has 1 aromatic carbocycles. The molecule has 0 bridgehead atoms. The minimum atomic E-state index is -0.139. The summed E-state index contributed by atoms with van der Waals surface area (Å²) in [5.41, 5.74) is 4.52. The Labute approximate surface area is 170 Å². The second-order valence-corrected chi connectivity index (χ2v) is 9.12. The van der Waals surface area contributed by atoms with Crippen LogP contribution in [0.25, 0.3) is 10.1 Å². The summed E-state index contributed by atoms with van der Waals surface area (Å²) in [5.74, 6) is 0.737. The molecule has 27 heavy (non-hydrogen) atoms. The van der Waals surface area contributed by atoms with E-state index < -0.39 is 0 Å². The van der Waals surface area contributed by atoms with E-state index in [9.17, 15) is 4.79 Å². The molecule has 0 saturated carbocycles. The zero-order valence-electron chi connectivity index (χ0n) is 15.7. The molecule has 0 saturated heterocycles. The number of ether oxygens (including phenoxy) is 2. The predicted molar refractivity (Wildman–Crippen MR) is 113 cm³/mol. The summed E-state index contributed by atoms with van der Waals surface area (Å²) >= 11 is 1.59. The fourth-order valence-corrected chi connectivity index (χ4v) is 4.96. The molecule has 0 radical (unpaired) electrons. The molecular weight excluding hydrogens is 421 g/mol. The monoisotopic (exact) mass is 445 g/mol. The van der Waals surface area contributed by atoms with Gasteiger partial charge in [0.1, 0.15) is 0 Å². The third-order valence-corrected chi connectivity index (χ3v) is 6.87. The third kappa shape index (κ3) is 5.57. The Kier molecular flexibility index (Phi) is 7.31. The van der Waals surface area contributed by atoms with Crippen LogP contribution in [-0.2, 0) is 22.4 Å². The normalized spacial score (nSPS) is 11.3. The average Bonchev–Trinajstić information content (AvgIpc) is 3.09. The number of aromatic nitrogens is 1. The van der Waals surface area contributed by atoms with Crippen molar-refractivity contribution < 1.29 is 14.3 Å². The van der Waals surface area contributed by atoms with Crippen LogP contribution < -0.4 is 9.22 Å². The van der Waals surface area contributed by atoms with Crippen LogP contribution in [0.1, 0.15) is 24.6 Å². The van der Waals surface area contributed by atoms with Crippen LogP contribution >= 0.6 is 11.3 Å². The third-order valence-electron chi connectivity index (χ3n) is 4.22. The fraction of sp³-hybridized carbons (Fsp3) is 0.333. The Morgan fingerprint density at radius 1 is 1.22 bits per heavy atom. The molecule has 1 atom stereocenters. The minimum absolute atomic E-state index is 0.101. The predicted octanol–water partition coefficient (Wildman–Crippen LogP) is 3.52. The topological polar surface area (TPSA) is 48.4 Å². The van der Waals surface area contributed by atoms with Gasteiger partial charge in [0.05, 0.1) is 6.61 Å². The zero-order valence-corrected chi connectivity index (χ0v) is 18.6. The molecule has 1 unspecified atom stereocenters. The van der Waals surface area contributed by atoms with Gasteiger partial charge in [-0.3, -0.25) is 4.79 Å². The van der Waals surface area contributed by atoms with Gasteiger partial charge in [0.25, 0.3) is 0 Å². The van der Waals surface area contributed by atoms with E-state index in [-0.39, 0.29) is 21.7 Å². The standard InChI is InChI=1S/C21H24AsNO3S/c1-3-25-21(24)10-7-15-14-27-19-13-17(8-9-18(15)19)26-12-11-16-5-4-6-20(22-2)23-16/h4-6,8-9,13-14,22H,3,7,10-12H2,1-2H3. The van der Waals surface area contributed by atoms with Gasteiger partial charge in [0.15, 0.2) is 0 Å². The first-order valence-corrected chi connectivity index (χ1v) is 13.1. The van der Waals surface area contributed by atoms with E-state index in [4.69, 9.17) is 9.47 Å². The van der Waals surface area contributed by atoms with Gasteiger partial charge in [-0.2, -0.15) is 0 Å². The number of aryl methyl sites for hydroxylation is 1. The van der Waals surface area contributed by atoms with Crippen LogP contribution in [0, 0.1) is 0 Å².